The number of imide groups is 1. The van der Waals surface area contributed by atoms with Crippen LogP contribution in [0.5, 0.6) is 0 Å². The Labute approximate surface area is 160 Å². The van der Waals surface area contributed by atoms with Crippen molar-refractivity contribution in [2.45, 2.75) is 19.4 Å². The van der Waals surface area contributed by atoms with Crippen LogP contribution in [0.25, 0.3) is 0 Å². The van der Waals surface area contributed by atoms with Crippen LogP contribution in [0.4, 0.5) is 14.9 Å². The molecule has 0 saturated carbocycles. The van der Waals surface area contributed by atoms with E-state index in [9.17, 15) is 23.6 Å². The lowest BCUT2D eigenvalue weighted by Gasteiger charge is -2.22. The summed E-state index contributed by atoms with van der Waals surface area (Å²) in [6.45, 7) is 2.46. The van der Waals surface area contributed by atoms with Crippen molar-refractivity contribution in [2.24, 2.45) is 0 Å². The second kappa shape index (κ2) is 7.22. The molecule has 1 heterocycles. The minimum atomic E-state index is -1.38. The third-order valence-corrected chi connectivity index (χ3v) is 4.57. The first kappa shape index (κ1) is 19.2. The molecule has 2 aromatic rings. The third kappa shape index (κ3) is 3.62. The molecule has 3 rings (SSSR count). The smallest absolute Gasteiger partial charge is 0.325 e. The van der Waals surface area contributed by atoms with Crippen LogP contribution in [0, 0.1) is 5.82 Å². The van der Waals surface area contributed by atoms with Crippen LogP contribution in [-0.4, -0.2) is 35.1 Å². The van der Waals surface area contributed by atoms with Gasteiger partial charge in [0.25, 0.3) is 5.91 Å². The molecule has 2 N–H and O–H groups in total. The highest BCUT2D eigenvalue weighted by atomic mass is 19.1. The lowest BCUT2D eigenvalue weighted by Crippen LogP contribution is -2.42. The quantitative estimate of drug-likeness (QED) is 0.612. The summed E-state index contributed by atoms with van der Waals surface area (Å²) in [5, 5.41) is 5.13. The molecule has 4 amide bonds. The molecule has 1 aliphatic heterocycles. The molecular weight excluding hydrogens is 365 g/mol. The molecule has 7 nitrogen and oxygen atoms in total. The van der Waals surface area contributed by atoms with Crippen LogP contribution in [0.15, 0.2) is 48.5 Å². The maximum atomic E-state index is 13.1. The van der Waals surface area contributed by atoms with E-state index in [-0.39, 0.29) is 5.78 Å². The maximum absolute atomic E-state index is 13.1. The number of amides is 4. The molecule has 1 atom stereocenters. The largest absolute Gasteiger partial charge is 0.325 e. The van der Waals surface area contributed by atoms with E-state index in [4.69, 9.17) is 0 Å². The van der Waals surface area contributed by atoms with Gasteiger partial charge in [-0.3, -0.25) is 19.3 Å². The van der Waals surface area contributed by atoms with Gasteiger partial charge < -0.3 is 10.6 Å². The van der Waals surface area contributed by atoms with E-state index in [1.807, 2.05) is 0 Å². The first-order valence-corrected chi connectivity index (χ1v) is 8.52. The first-order valence-electron chi connectivity index (χ1n) is 8.52. The molecule has 1 unspecified atom stereocenters. The normalized spacial score (nSPS) is 18.8. The Hall–Kier alpha value is -3.55. The molecule has 0 aromatic heterocycles. The summed E-state index contributed by atoms with van der Waals surface area (Å²) >= 11 is 0. The van der Waals surface area contributed by atoms with Crippen molar-refractivity contribution in [1.82, 2.24) is 10.2 Å². The van der Waals surface area contributed by atoms with Gasteiger partial charge in [0, 0.05) is 11.3 Å². The fourth-order valence-corrected chi connectivity index (χ4v) is 2.95. The number of carbonyl (C=O) groups excluding carboxylic acids is 4. The number of hydrogen-bond donors (Lipinski definition) is 2. The molecule has 2 aromatic carbocycles. The summed E-state index contributed by atoms with van der Waals surface area (Å²) < 4.78 is 13.1. The standard InChI is InChI=1S/C20H18FN3O4/c1-12(25)13-3-9-16(10-4-13)22-17(26)11-24-18(27)20(2,23-19(24)28)14-5-7-15(21)8-6-14/h3-10H,11H2,1-2H3,(H,22,26)(H,23,28). The summed E-state index contributed by atoms with van der Waals surface area (Å²) in [6, 6.07) is 10.8. The zero-order valence-electron chi connectivity index (χ0n) is 15.3. The molecule has 1 aliphatic rings. The highest BCUT2D eigenvalue weighted by Crippen LogP contribution is 2.28. The number of ketones is 1. The number of nitrogens with one attached hydrogen (secondary N) is 2. The zero-order chi connectivity index (χ0) is 20.5. The van der Waals surface area contributed by atoms with Gasteiger partial charge in [-0.05, 0) is 55.8 Å². The van der Waals surface area contributed by atoms with E-state index in [1.54, 1.807) is 24.3 Å². The van der Waals surface area contributed by atoms with Gasteiger partial charge in [-0.2, -0.15) is 0 Å². The summed E-state index contributed by atoms with van der Waals surface area (Å²) in [5.74, 6) is -1.73. The van der Waals surface area contributed by atoms with Crippen LogP contribution < -0.4 is 10.6 Å². The predicted octanol–water partition coefficient (Wildman–Crippen LogP) is 2.43. The van der Waals surface area contributed by atoms with Crippen LogP contribution >= 0.6 is 0 Å². The lowest BCUT2D eigenvalue weighted by molar-refractivity contribution is -0.133. The van der Waals surface area contributed by atoms with Crippen molar-refractivity contribution in [3.63, 3.8) is 0 Å². The van der Waals surface area contributed by atoms with Gasteiger partial charge in [0.2, 0.25) is 5.91 Å². The van der Waals surface area contributed by atoms with Crippen molar-refractivity contribution < 1.29 is 23.6 Å². The fourth-order valence-electron chi connectivity index (χ4n) is 2.95. The topological polar surface area (TPSA) is 95.6 Å². The van der Waals surface area contributed by atoms with E-state index in [0.717, 1.165) is 4.90 Å². The molecule has 0 bridgehead atoms. The highest BCUT2D eigenvalue weighted by molar-refractivity contribution is 6.10. The van der Waals surface area contributed by atoms with Crippen molar-refractivity contribution in [3.8, 4) is 0 Å². The fraction of sp³-hybridized carbons (Fsp3) is 0.200. The van der Waals surface area contributed by atoms with Crippen LogP contribution in [0.2, 0.25) is 0 Å². The first-order chi connectivity index (χ1) is 13.2. The van der Waals surface area contributed by atoms with Gasteiger partial charge in [-0.25, -0.2) is 9.18 Å². The summed E-state index contributed by atoms with van der Waals surface area (Å²) in [4.78, 5) is 49.4. The van der Waals surface area contributed by atoms with E-state index < -0.39 is 35.7 Å². The van der Waals surface area contributed by atoms with Crippen LogP contribution in [0.3, 0.4) is 0 Å². The third-order valence-electron chi connectivity index (χ3n) is 4.57. The number of hydrogen-bond acceptors (Lipinski definition) is 4. The Morgan fingerprint density at radius 3 is 2.25 bits per heavy atom. The molecule has 1 saturated heterocycles. The van der Waals surface area contributed by atoms with Crippen molar-refractivity contribution in [1.29, 1.82) is 0 Å². The molecule has 8 heteroatoms. The average molecular weight is 383 g/mol. The van der Waals surface area contributed by atoms with E-state index in [1.165, 1.54) is 38.1 Å². The molecule has 0 spiro atoms. The van der Waals surface area contributed by atoms with Crippen LogP contribution in [0.1, 0.15) is 29.8 Å². The molecule has 0 radical (unpaired) electrons. The van der Waals surface area contributed by atoms with E-state index in [2.05, 4.69) is 10.6 Å². The van der Waals surface area contributed by atoms with Gasteiger partial charge >= 0.3 is 6.03 Å². The summed E-state index contributed by atoms with van der Waals surface area (Å²) in [5.41, 5.74) is -0.0331. The molecule has 0 aliphatic carbocycles. The monoisotopic (exact) mass is 383 g/mol. The Kier molecular flexibility index (Phi) is 4.96. The Balaban J connectivity index is 1.70. The molecule has 144 valence electrons. The number of Topliss-reactive ketones (excluding diaryl/α,β-unsaturated/α-hetero) is 1. The van der Waals surface area contributed by atoms with E-state index in [0.29, 0.717) is 16.8 Å². The number of anilines is 1. The SMILES string of the molecule is CC(=O)c1ccc(NC(=O)CN2C(=O)NC(C)(c3ccc(F)cc3)C2=O)cc1. The average Bonchev–Trinajstić information content (AvgIpc) is 2.86. The summed E-state index contributed by atoms with van der Waals surface area (Å²) in [6.07, 6.45) is 0. The Bertz CT molecular complexity index is 956. The van der Waals surface area contributed by atoms with Crippen LogP contribution in [-0.2, 0) is 15.1 Å². The Morgan fingerprint density at radius 2 is 1.68 bits per heavy atom. The van der Waals surface area contributed by atoms with Crippen molar-refractivity contribution in [2.75, 3.05) is 11.9 Å². The zero-order valence-corrected chi connectivity index (χ0v) is 15.3. The minimum Gasteiger partial charge on any atom is -0.325 e. The number of urea groups is 1. The van der Waals surface area contributed by atoms with E-state index >= 15 is 0 Å². The van der Waals surface area contributed by atoms with Gasteiger partial charge in [-0.15, -0.1) is 0 Å². The second-order valence-electron chi connectivity index (χ2n) is 6.64. The predicted molar refractivity (Wildman–Crippen MR) is 99.1 cm³/mol. The number of halogens is 1. The minimum absolute atomic E-state index is 0.0997. The number of benzene rings is 2. The number of carbonyl (C=O) groups is 4. The maximum Gasteiger partial charge on any atom is 0.325 e. The molecule has 28 heavy (non-hydrogen) atoms. The molecular formula is C20H18FN3O4. The van der Waals surface area contributed by atoms with Gasteiger partial charge in [0.05, 0.1) is 0 Å². The van der Waals surface area contributed by atoms with Crippen molar-refractivity contribution >= 4 is 29.3 Å². The second-order valence-corrected chi connectivity index (χ2v) is 6.64. The van der Waals surface area contributed by atoms with Gasteiger partial charge in [0.15, 0.2) is 5.78 Å². The highest BCUT2D eigenvalue weighted by Gasteiger charge is 2.49. The van der Waals surface area contributed by atoms with Gasteiger partial charge in [-0.1, -0.05) is 12.1 Å². The summed E-state index contributed by atoms with van der Waals surface area (Å²) in [7, 11) is 0. The molecule has 1 fully saturated rings. The Morgan fingerprint density at radius 1 is 1.07 bits per heavy atom. The number of rotatable bonds is 5. The lowest BCUT2D eigenvalue weighted by atomic mass is 9.92. The number of nitrogens with zero attached hydrogens (tertiary/aromatic N) is 1. The van der Waals surface area contributed by atoms with Gasteiger partial charge in [0.1, 0.15) is 17.9 Å². The van der Waals surface area contributed by atoms with Crippen molar-refractivity contribution in [3.05, 3.63) is 65.5 Å².